The van der Waals surface area contributed by atoms with Crippen molar-refractivity contribution >= 4 is 23.3 Å². The van der Waals surface area contributed by atoms with Crippen LogP contribution >= 0.6 is 0 Å². The summed E-state index contributed by atoms with van der Waals surface area (Å²) in [6, 6.07) is 0. The van der Waals surface area contributed by atoms with Crippen LogP contribution < -0.4 is 10.9 Å². The molecule has 0 saturated heterocycles. The van der Waals surface area contributed by atoms with Gasteiger partial charge in [0.2, 0.25) is 5.95 Å². The van der Waals surface area contributed by atoms with Gasteiger partial charge in [-0.1, -0.05) is 6.58 Å². The maximum Gasteiger partial charge on any atom is 0.302 e. The van der Waals surface area contributed by atoms with Gasteiger partial charge in [0.25, 0.3) is 0 Å². The topological polar surface area (TPSA) is 64.7 Å². The molecule has 0 atom stereocenters. The zero-order chi connectivity index (χ0) is 11.0. The monoisotopic (exact) mass is 205 g/mol. The van der Waals surface area contributed by atoms with Gasteiger partial charge in [-0.2, -0.15) is 4.98 Å². The van der Waals surface area contributed by atoms with Crippen LogP contribution in [-0.2, 0) is 7.05 Å². The second-order valence-electron chi connectivity index (χ2n) is 3.07. The van der Waals surface area contributed by atoms with Crippen LogP contribution in [0.1, 0.15) is 0 Å². The summed E-state index contributed by atoms with van der Waals surface area (Å²) in [7, 11) is 3.51. The summed E-state index contributed by atoms with van der Waals surface area (Å²) in [5, 5.41) is 2.84. The number of rotatable bonds is 2. The predicted molar refractivity (Wildman–Crippen MR) is 58.7 cm³/mol. The zero-order valence-corrected chi connectivity index (χ0v) is 8.56. The van der Waals surface area contributed by atoms with E-state index in [1.54, 1.807) is 28.7 Å². The van der Waals surface area contributed by atoms with Crippen molar-refractivity contribution in [1.29, 1.82) is 0 Å². The molecule has 0 amide bonds. The molecule has 0 saturated carbocycles. The van der Waals surface area contributed by atoms with Gasteiger partial charge in [-0.25, -0.2) is 4.98 Å². The fourth-order valence-electron chi connectivity index (χ4n) is 1.51. The summed E-state index contributed by atoms with van der Waals surface area (Å²) in [6.07, 6.45) is 3.16. The molecule has 2 aromatic rings. The Morgan fingerprint density at radius 3 is 2.93 bits per heavy atom. The van der Waals surface area contributed by atoms with E-state index in [-0.39, 0.29) is 5.56 Å². The summed E-state index contributed by atoms with van der Waals surface area (Å²) in [5.41, 5.74) is 0.679. The van der Waals surface area contributed by atoms with Crippen molar-refractivity contribution < 1.29 is 0 Å². The molecule has 1 N–H and O–H groups in total. The number of nitrogens with one attached hydrogen (secondary N) is 1. The molecule has 2 heterocycles. The number of aromatic nitrogens is 4. The van der Waals surface area contributed by atoms with E-state index in [0.717, 1.165) is 0 Å². The van der Waals surface area contributed by atoms with Crippen molar-refractivity contribution in [2.24, 2.45) is 7.05 Å². The molecule has 78 valence electrons. The molecular weight excluding hydrogens is 194 g/mol. The van der Waals surface area contributed by atoms with E-state index >= 15 is 0 Å². The highest BCUT2D eigenvalue weighted by Gasteiger charge is 2.11. The summed E-state index contributed by atoms with van der Waals surface area (Å²) in [5.74, 6) is 0.450. The lowest BCUT2D eigenvalue weighted by Gasteiger charge is -2.08. The number of anilines is 1. The van der Waals surface area contributed by atoms with E-state index in [0.29, 0.717) is 17.1 Å². The van der Waals surface area contributed by atoms with E-state index in [4.69, 9.17) is 0 Å². The third kappa shape index (κ3) is 1.22. The van der Waals surface area contributed by atoms with Gasteiger partial charge in [0.05, 0.1) is 6.33 Å². The van der Waals surface area contributed by atoms with Crippen LogP contribution in [0.5, 0.6) is 0 Å². The summed E-state index contributed by atoms with van der Waals surface area (Å²) < 4.78 is 3.44. The van der Waals surface area contributed by atoms with Crippen LogP contribution in [0.25, 0.3) is 17.4 Å². The molecule has 6 nitrogen and oxygen atoms in total. The molecule has 0 aromatic carbocycles. The van der Waals surface area contributed by atoms with Crippen molar-refractivity contribution in [3.63, 3.8) is 0 Å². The lowest BCUT2D eigenvalue weighted by Crippen LogP contribution is -2.16. The van der Waals surface area contributed by atoms with E-state index in [1.165, 1.54) is 0 Å². The van der Waals surface area contributed by atoms with Crippen molar-refractivity contribution in [3.05, 3.63) is 23.3 Å². The second kappa shape index (κ2) is 3.23. The smallest absolute Gasteiger partial charge is 0.302 e. The van der Waals surface area contributed by atoms with Gasteiger partial charge in [0, 0.05) is 20.3 Å². The third-order valence-corrected chi connectivity index (χ3v) is 2.18. The molecule has 15 heavy (non-hydrogen) atoms. The molecule has 0 bridgehead atoms. The summed E-state index contributed by atoms with van der Waals surface area (Å²) in [6.45, 7) is 3.68. The number of hydrogen-bond donors (Lipinski definition) is 1. The molecule has 0 radical (unpaired) electrons. The van der Waals surface area contributed by atoms with E-state index in [9.17, 15) is 4.79 Å². The first-order chi connectivity index (χ1) is 7.19. The van der Waals surface area contributed by atoms with Crippen LogP contribution in [0.4, 0.5) is 5.95 Å². The van der Waals surface area contributed by atoms with Gasteiger partial charge in [-0.15, -0.1) is 0 Å². The molecule has 0 aliphatic heterocycles. The Balaban J connectivity index is 3.02. The maximum absolute atomic E-state index is 11.6. The Kier molecular flexibility index (Phi) is 2.03. The Morgan fingerprint density at radius 1 is 1.60 bits per heavy atom. The Labute approximate surface area is 85.9 Å². The minimum atomic E-state index is -0.340. The fraction of sp³-hybridized carbons (Fsp3) is 0.222. The first-order valence-electron chi connectivity index (χ1n) is 4.43. The first-order valence-corrected chi connectivity index (χ1v) is 4.43. The van der Waals surface area contributed by atoms with Gasteiger partial charge in [0.1, 0.15) is 0 Å². The fourth-order valence-corrected chi connectivity index (χ4v) is 1.51. The minimum absolute atomic E-state index is 0.340. The van der Waals surface area contributed by atoms with Crippen LogP contribution in [0.15, 0.2) is 17.7 Å². The van der Waals surface area contributed by atoms with Gasteiger partial charge in [0.15, 0.2) is 11.2 Å². The standard InChI is InChI=1S/C9H11N5O/c1-4-14-8-6(11-5-13(8)3)7(15)12-9(14)10-2/h4-5H,1H2,2-3H3,(H,10,12,15). The van der Waals surface area contributed by atoms with Gasteiger partial charge in [-0.05, 0) is 0 Å². The van der Waals surface area contributed by atoms with Crippen LogP contribution in [0.3, 0.4) is 0 Å². The number of fused-ring (bicyclic) bond motifs is 1. The summed E-state index contributed by atoms with van der Waals surface area (Å²) in [4.78, 5) is 19.4. The molecule has 0 fully saturated rings. The van der Waals surface area contributed by atoms with Crippen molar-refractivity contribution in [2.75, 3.05) is 12.4 Å². The van der Waals surface area contributed by atoms with E-state index < -0.39 is 0 Å². The average Bonchev–Trinajstić information content (AvgIpc) is 2.61. The molecule has 2 aromatic heterocycles. The lowest BCUT2D eigenvalue weighted by atomic mass is 10.5. The SMILES string of the molecule is C=Cn1c(NC)nc(=O)c2ncn(C)c21. The zero-order valence-electron chi connectivity index (χ0n) is 8.56. The van der Waals surface area contributed by atoms with Crippen molar-refractivity contribution in [1.82, 2.24) is 19.1 Å². The molecule has 0 unspecified atom stereocenters. The van der Waals surface area contributed by atoms with Gasteiger partial charge >= 0.3 is 5.56 Å². The Hall–Kier alpha value is -2.11. The largest absolute Gasteiger partial charge is 0.358 e. The normalized spacial score (nSPS) is 10.5. The van der Waals surface area contributed by atoms with Crippen LogP contribution in [0, 0.1) is 0 Å². The van der Waals surface area contributed by atoms with E-state index in [1.807, 2.05) is 7.05 Å². The highest BCUT2D eigenvalue weighted by atomic mass is 16.1. The molecule has 2 rings (SSSR count). The predicted octanol–water partition coefficient (Wildman–Crippen LogP) is 0.272. The van der Waals surface area contributed by atoms with Crippen LogP contribution in [0.2, 0.25) is 0 Å². The molecular formula is C9H11N5O. The first kappa shape index (κ1) is 9.45. The van der Waals surface area contributed by atoms with Crippen LogP contribution in [-0.4, -0.2) is 26.1 Å². The maximum atomic E-state index is 11.6. The highest BCUT2D eigenvalue weighted by Crippen LogP contribution is 2.12. The Bertz CT molecular complexity index is 580. The number of imidazole rings is 1. The number of nitrogens with zero attached hydrogens (tertiary/aromatic N) is 4. The lowest BCUT2D eigenvalue weighted by molar-refractivity contribution is 0.905. The second-order valence-corrected chi connectivity index (χ2v) is 3.07. The van der Waals surface area contributed by atoms with Crippen molar-refractivity contribution in [3.8, 4) is 0 Å². The molecule has 0 aliphatic rings. The highest BCUT2D eigenvalue weighted by molar-refractivity contribution is 5.74. The molecule has 6 heteroatoms. The molecule has 0 spiro atoms. The molecule has 0 aliphatic carbocycles. The van der Waals surface area contributed by atoms with Gasteiger partial charge < -0.3 is 9.88 Å². The minimum Gasteiger partial charge on any atom is -0.358 e. The number of hydrogen-bond acceptors (Lipinski definition) is 4. The quantitative estimate of drug-likeness (QED) is 0.764. The Morgan fingerprint density at radius 2 is 2.33 bits per heavy atom. The van der Waals surface area contributed by atoms with E-state index in [2.05, 4.69) is 21.9 Å². The van der Waals surface area contributed by atoms with Gasteiger partial charge in [-0.3, -0.25) is 9.36 Å². The van der Waals surface area contributed by atoms with Crippen molar-refractivity contribution in [2.45, 2.75) is 0 Å². The summed E-state index contributed by atoms with van der Waals surface area (Å²) >= 11 is 0. The average molecular weight is 205 g/mol. The third-order valence-electron chi connectivity index (χ3n) is 2.18. The number of aryl methyl sites for hydroxylation is 1.